The topological polar surface area (TPSA) is 114 Å². The fourth-order valence-electron chi connectivity index (χ4n) is 4.23. The SMILES string of the molecule is C=CCO/N=C1\C[C@@H](C(=O)Nc2ccc3ncccc3c2)N(C(=O)c2ccc(CCCCC)oc2=O)C1. The van der Waals surface area contributed by atoms with E-state index in [1.807, 2.05) is 24.3 Å². The average molecular weight is 503 g/mol. The number of nitrogens with zero attached hydrogens (tertiary/aromatic N) is 3. The molecule has 192 valence electrons. The van der Waals surface area contributed by atoms with Crippen LogP contribution in [-0.2, 0) is 16.1 Å². The first-order valence-electron chi connectivity index (χ1n) is 12.4. The molecule has 1 aliphatic rings. The smallest absolute Gasteiger partial charge is 0.348 e. The van der Waals surface area contributed by atoms with Gasteiger partial charge in [-0.05, 0) is 42.8 Å². The molecule has 2 amide bonds. The number of rotatable bonds is 10. The summed E-state index contributed by atoms with van der Waals surface area (Å²) < 4.78 is 5.40. The number of nitrogens with one attached hydrogen (secondary N) is 1. The van der Waals surface area contributed by atoms with Crippen molar-refractivity contribution in [3.05, 3.63) is 83.1 Å². The number of anilines is 1. The van der Waals surface area contributed by atoms with Crippen molar-refractivity contribution in [1.29, 1.82) is 0 Å². The second kappa shape index (κ2) is 12.1. The van der Waals surface area contributed by atoms with E-state index in [1.54, 1.807) is 24.4 Å². The molecular formula is C28H30N4O5. The number of carbonyl (C=O) groups is 2. The largest absolute Gasteiger partial charge is 0.427 e. The highest BCUT2D eigenvalue weighted by molar-refractivity contribution is 6.08. The van der Waals surface area contributed by atoms with E-state index < -0.39 is 23.5 Å². The molecule has 1 aliphatic heterocycles. The summed E-state index contributed by atoms with van der Waals surface area (Å²) in [6.07, 6.45) is 7.03. The first kappa shape index (κ1) is 25.8. The second-order valence-electron chi connectivity index (χ2n) is 8.86. The summed E-state index contributed by atoms with van der Waals surface area (Å²) in [5, 5.41) is 7.81. The molecule has 37 heavy (non-hydrogen) atoms. The van der Waals surface area contributed by atoms with Crippen molar-refractivity contribution in [1.82, 2.24) is 9.88 Å². The maximum atomic E-state index is 13.4. The summed E-state index contributed by atoms with van der Waals surface area (Å²) in [4.78, 5) is 50.2. The van der Waals surface area contributed by atoms with Crippen molar-refractivity contribution < 1.29 is 18.8 Å². The van der Waals surface area contributed by atoms with Crippen LogP contribution in [-0.4, -0.2) is 46.6 Å². The monoisotopic (exact) mass is 502 g/mol. The number of pyridine rings is 1. The van der Waals surface area contributed by atoms with Crippen molar-refractivity contribution in [2.75, 3.05) is 18.5 Å². The van der Waals surface area contributed by atoms with Crippen molar-refractivity contribution in [2.45, 2.75) is 45.1 Å². The molecule has 4 rings (SSSR count). The number of likely N-dealkylation sites (tertiary alicyclic amines) is 1. The van der Waals surface area contributed by atoms with Crippen LogP contribution in [0.3, 0.4) is 0 Å². The predicted octanol–water partition coefficient (Wildman–Crippen LogP) is 4.33. The van der Waals surface area contributed by atoms with Gasteiger partial charge in [-0.25, -0.2) is 4.79 Å². The number of aromatic nitrogens is 1. The maximum Gasteiger partial charge on any atom is 0.348 e. The van der Waals surface area contributed by atoms with E-state index >= 15 is 0 Å². The highest BCUT2D eigenvalue weighted by atomic mass is 16.6. The minimum Gasteiger partial charge on any atom is -0.427 e. The molecule has 3 heterocycles. The Morgan fingerprint density at radius 1 is 1.27 bits per heavy atom. The Kier molecular flexibility index (Phi) is 8.45. The standard InChI is InChI=1S/C28H30N4O5/c1-3-5-6-9-22-11-12-23(28(35)37-22)27(34)32-18-21(31-36-15-4-2)17-25(32)26(33)30-20-10-13-24-19(16-20)8-7-14-29-24/h4,7-8,10-14,16,25H,2-3,5-6,9,15,17-18H2,1H3,(H,30,33)/b31-21+/t25-/m0/s1. The molecular weight excluding hydrogens is 472 g/mol. The molecule has 0 radical (unpaired) electrons. The molecule has 0 spiro atoms. The first-order chi connectivity index (χ1) is 18.0. The summed E-state index contributed by atoms with van der Waals surface area (Å²) in [5.74, 6) is -0.451. The van der Waals surface area contributed by atoms with Crippen molar-refractivity contribution >= 4 is 34.1 Å². The zero-order chi connectivity index (χ0) is 26.2. The molecule has 9 nitrogen and oxygen atoms in total. The highest BCUT2D eigenvalue weighted by Gasteiger charge is 2.39. The molecule has 0 unspecified atom stereocenters. The van der Waals surface area contributed by atoms with Crippen molar-refractivity contribution in [3.63, 3.8) is 0 Å². The molecule has 0 bridgehead atoms. The second-order valence-corrected chi connectivity index (χ2v) is 8.86. The van der Waals surface area contributed by atoms with E-state index in [0.29, 0.717) is 23.6 Å². The van der Waals surface area contributed by atoms with Gasteiger partial charge in [0.15, 0.2) is 0 Å². The maximum absolute atomic E-state index is 13.4. The van der Waals surface area contributed by atoms with Crippen molar-refractivity contribution in [2.24, 2.45) is 5.16 Å². The zero-order valence-electron chi connectivity index (χ0n) is 20.8. The van der Waals surface area contributed by atoms with E-state index in [0.717, 1.165) is 30.2 Å². The van der Waals surface area contributed by atoms with Gasteiger partial charge in [0.2, 0.25) is 5.91 Å². The van der Waals surface area contributed by atoms with Crippen LogP contribution in [0.5, 0.6) is 0 Å². The minimum absolute atomic E-state index is 0.0490. The molecule has 1 saturated heterocycles. The molecule has 1 atom stereocenters. The van der Waals surface area contributed by atoms with Crippen LogP contribution in [0.15, 0.2) is 75.7 Å². The number of oxime groups is 1. The number of unbranched alkanes of at least 4 members (excludes halogenated alkanes) is 2. The Morgan fingerprint density at radius 3 is 2.92 bits per heavy atom. The Balaban J connectivity index is 1.56. The fourth-order valence-corrected chi connectivity index (χ4v) is 4.23. The third-order valence-corrected chi connectivity index (χ3v) is 6.11. The van der Waals surface area contributed by atoms with Gasteiger partial charge in [-0.3, -0.25) is 14.6 Å². The van der Waals surface area contributed by atoms with Gasteiger partial charge in [-0.2, -0.15) is 0 Å². The number of hydrogen-bond donors (Lipinski definition) is 1. The fraction of sp³-hybridized carbons (Fsp3) is 0.321. The Hall–Kier alpha value is -4.27. The lowest BCUT2D eigenvalue weighted by Gasteiger charge is -2.23. The van der Waals surface area contributed by atoms with Crippen LogP contribution in [0.2, 0.25) is 0 Å². The van der Waals surface area contributed by atoms with Gasteiger partial charge in [0.1, 0.15) is 24.0 Å². The number of benzene rings is 1. The van der Waals surface area contributed by atoms with Gasteiger partial charge in [-0.1, -0.05) is 43.6 Å². The van der Waals surface area contributed by atoms with Gasteiger partial charge in [-0.15, -0.1) is 0 Å². The molecule has 1 fully saturated rings. The number of fused-ring (bicyclic) bond motifs is 1. The number of amides is 2. The zero-order valence-corrected chi connectivity index (χ0v) is 20.8. The van der Waals surface area contributed by atoms with E-state index in [9.17, 15) is 14.4 Å². The Labute approximate surface area is 214 Å². The van der Waals surface area contributed by atoms with Gasteiger partial charge < -0.3 is 19.5 Å². The van der Waals surface area contributed by atoms with Crippen LogP contribution in [0.4, 0.5) is 5.69 Å². The van der Waals surface area contributed by atoms with E-state index in [-0.39, 0.29) is 25.1 Å². The molecule has 0 saturated carbocycles. The molecule has 1 aromatic carbocycles. The summed E-state index contributed by atoms with van der Waals surface area (Å²) in [6.45, 7) is 5.93. The summed E-state index contributed by atoms with van der Waals surface area (Å²) in [6, 6.07) is 11.3. The van der Waals surface area contributed by atoms with Crippen LogP contribution < -0.4 is 10.9 Å². The quantitative estimate of drug-likeness (QED) is 0.251. The van der Waals surface area contributed by atoms with Gasteiger partial charge in [0.25, 0.3) is 5.91 Å². The highest BCUT2D eigenvalue weighted by Crippen LogP contribution is 2.22. The van der Waals surface area contributed by atoms with Crippen LogP contribution >= 0.6 is 0 Å². The molecule has 3 aromatic rings. The minimum atomic E-state index is -0.883. The van der Waals surface area contributed by atoms with E-state index in [2.05, 4.69) is 29.0 Å². The summed E-state index contributed by atoms with van der Waals surface area (Å²) in [7, 11) is 0. The summed E-state index contributed by atoms with van der Waals surface area (Å²) >= 11 is 0. The predicted molar refractivity (Wildman–Crippen MR) is 142 cm³/mol. The lowest BCUT2D eigenvalue weighted by Crippen LogP contribution is -2.44. The molecule has 9 heteroatoms. The summed E-state index contributed by atoms with van der Waals surface area (Å²) in [5.41, 5.74) is 1.05. The lowest BCUT2D eigenvalue weighted by molar-refractivity contribution is -0.119. The first-order valence-corrected chi connectivity index (χ1v) is 12.4. The molecule has 2 aromatic heterocycles. The third kappa shape index (κ3) is 6.30. The van der Waals surface area contributed by atoms with E-state index in [4.69, 9.17) is 9.25 Å². The van der Waals surface area contributed by atoms with Crippen LogP contribution in [0, 0.1) is 0 Å². The number of aryl methyl sites for hydroxylation is 1. The van der Waals surface area contributed by atoms with Gasteiger partial charge in [0, 0.05) is 30.1 Å². The van der Waals surface area contributed by atoms with Gasteiger partial charge >= 0.3 is 5.63 Å². The lowest BCUT2D eigenvalue weighted by atomic mass is 10.1. The molecule has 0 aliphatic carbocycles. The third-order valence-electron chi connectivity index (χ3n) is 6.11. The average Bonchev–Trinajstić information content (AvgIpc) is 3.33. The Morgan fingerprint density at radius 2 is 2.14 bits per heavy atom. The number of hydrogen-bond acceptors (Lipinski definition) is 7. The normalized spacial score (nSPS) is 16.2. The van der Waals surface area contributed by atoms with Crippen molar-refractivity contribution in [3.8, 4) is 0 Å². The van der Waals surface area contributed by atoms with Crippen LogP contribution in [0.1, 0.15) is 48.7 Å². The molecule has 1 N–H and O–H groups in total. The van der Waals surface area contributed by atoms with Gasteiger partial charge in [0.05, 0.1) is 17.8 Å². The number of carbonyl (C=O) groups excluding carboxylic acids is 2. The van der Waals surface area contributed by atoms with Crippen LogP contribution in [0.25, 0.3) is 10.9 Å². The van der Waals surface area contributed by atoms with E-state index in [1.165, 1.54) is 11.0 Å². The Bertz CT molecular complexity index is 1380.